The largest absolute Gasteiger partial charge is 0.476 e. The SMILES string of the molecule is CCNc1cc(OCC(C)(C)N(C)C)nc(N)n1. The van der Waals surface area contributed by atoms with Gasteiger partial charge in [-0.3, -0.25) is 0 Å². The van der Waals surface area contributed by atoms with Gasteiger partial charge in [-0.25, -0.2) is 0 Å². The fourth-order valence-corrected chi connectivity index (χ4v) is 1.17. The summed E-state index contributed by atoms with van der Waals surface area (Å²) < 4.78 is 5.69. The third-order valence-electron chi connectivity index (χ3n) is 2.86. The Morgan fingerprint density at radius 3 is 2.61 bits per heavy atom. The van der Waals surface area contributed by atoms with E-state index in [4.69, 9.17) is 10.5 Å². The van der Waals surface area contributed by atoms with Crippen molar-refractivity contribution in [2.75, 3.05) is 38.3 Å². The molecule has 6 heteroatoms. The quantitative estimate of drug-likeness (QED) is 0.793. The molecule has 18 heavy (non-hydrogen) atoms. The molecule has 102 valence electrons. The highest BCUT2D eigenvalue weighted by Crippen LogP contribution is 2.17. The molecule has 0 unspecified atom stereocenters. The number of nitrogen functional groups attached to an aromatic ring is 1. The van der Waals surface area contributed by atoms with Crippen LogP contribution in [0.15, 0.2) is 6.07 Å². The van der Waals surface area contributed by atoms with Gasteiger partial charge >= 0.3 is 0 Å². The van der Waals surface area contributed by atoms with Crippen LogP contribution in [0.5, 0.6) is 5.88 Å². The van der Waals surface area contributed by atoms with E-state index in [1.807, 2.05) is 21.0 Å². The zero-order valence-corrected chi connectivity index (χ0v) is 11.8. The molecule has 0 fully saturated rings. The van der Waals surface area contributed by atoms with Gasteiger partial charge in [0, 0.05) is 18.2 Å². The molecule has 1 heterocycles. The molecule has 0 atom stereocenters. The molecular weight excluding hydrogens is 230 g/mol. The van der Waals surface area contributed by atoms with Gasteiger partial charge in [0.25, 0.3) is 0 Å². The molecule has 0 aliphatic heterocycles. The lowest BCUT2D eigenvalue weighted by Crippen LogP contribution is -2.43. The summed E-state index contributed by atoms with van der Waals surface area (Å²) in [6, 6.07) is 1.76. The number of nitrogens with two attached hydrogens (primary N) is 1. The highest BCUT2D eigenvalue weighted by Gasteiger charge is 2.21. The molecule has 0 amide bonds. The summed E-state index contributed by atoms with van der Waals surface area (Å²) in [6.45, 7) is 7.50. The summed E-state index contributed by atoms with van der Waals surface area (Å²) >= 11 is 0. The second kappa shape index (κ2) is 5.86. The number of hydrogen-bond donors (Lipinski definition) is 2. The number of ether oxygens (including phenoxy) is 1. The molecule has 0 aromatic carbocycles. The molecule has 0 aliphatic rings. The van der Waals surface area contributed by atoms with Crippen LogP contribution in [0, 0.1) is 0 Å². The van der Waals surface area contributed by atoms with Crippen molar-refractivity contribution in [1.29, 1.82) is 0 Å². The normalized spacial score (nSPS) is 11.7. The Bertz CT molecular complexity index is 392. The minimum absolute atomic E-state index is 0.0714. The van der Waals surface area contributed by atoms with Crippen LogP contribution in [0.4, 0.5) is 11.8 Å². The van der Waals surface area contributed by atoms with Crippen molar-refractivity contribution in [2.24, 2.45) is 0 Å². The van der Waals surface area contributed by atoms with Crippen molar-refractivity contribution in [1.82, 2.24) is 14.9 Å². The first-order valence-corrected chi connectivity index (χ1v) is 6.04. The Hall–Kier alpha value is -1.56. The van der Waals surface area contributed by atoms with E-state index in [0.29, 0.717) is 18.3 Å². The van der Waals surface area contributed by atoms with E-state index in [1.54, 1.807) is 6.07 Å². The average Bonchev–Trinajstić information content (AvgIpc) is 2.26. The van der Waals surface area contributed by atoms with Gasteiger partial charge in [-0.2, -0.15) is 9.97 Å². The number of anilines is 2. The predicted molar refractivity (Wildman–Crippen MR) is 73.9 cm³/mol. The number of likely N-dealkylation sites (N-methyl/N-ethyl adjacent to an activating group) is 1. The third kappa shape index (κ3) is 4.03. The summed E-state index contributed by atoms with van der Waals surface area (Å²) in [5.74, 6) is 1.39. The highest BCUT2D eigenvalue weighted by atomic mass is 16.5. The third-order valence-corrected chi connectivity index (χ3v) is 2.86. The number of nitrogens with zero attached hydrogens (tertiary/aromatic N) is 3. The minimum Gasteiger partial charge on any atom is -0.476 e. The van der Waals surface area contributed by atoms with Gasteiger partial charge in [-0.05, 0) is 34.9 Å². The van der Waals surface area contributed by atoms with Crippen LogP contribution in [-0.4, -0.2) is 47.7 Å². The topological polar surface area (TPSA) is 76.3 Å². The Morgan fingerprint density at radius 1 is 1.39 bits per heavy atom. The van der Waals surface area contributed by atoms with E-state index in [2.05, 4.69) is 34.0 Å². The van der Waals surface area contributed by atoms with Crippen molar-refractivity contribution in [3.63, 3.8) is 0 Å². The summed E-state index contributed by atoms with van der Waals surface area (Å²) in [4.78, 5) is 10.2. The lowest BCUT2D eigenvalue weighted by molar-refractivity contribution is 0.111. The molecule has 1 aromatic heterocycles. The molecule has 0 radical (unpaired) electrons. The summed E-state index contributed by atoms with van der Waals surface area (Å²) in [6.07, 6.45) is 0. The maximum atomic E-state index is 5.69. The zero-order valence-electron chi connectivity index (χ0n) is 11.8. The zero-order chi connectivity index (χ0) is 13.8. The monoisotopic (exact) mass is 253 g/mol. The van der Waals surface area contributed by atoms with Crippen molar-refractivity contribution in [3.8, 4) is 5.88 Å². The van der Waals surface area contributed by atoms with E-state index < -0.39 is 0 Å². The fourth-order valence-electron chi connectivity index (χ4n) is 1.17. The molecule has 0 bridgehead atoms. The van der Waals surface area contributed by atoms with Crippen LogP contribution in [0.1, 0.15) is 20.8 Å². The van der Waals surface area contributed by atoms with Crippen LogP contribution in [-0.2, 0) is 0 Å². The van der Waals surface area contributed by atoms with Crippen LogP contribution in [0.25, 0.3) is 0 Å². The molecule has 0 saturated heterocycles. The first kappa shape index (κ1) is 14.5. The van der Waals surface area contributed by atoms with E-state index in [0.717, 1.165) is 6.54 Å². The van der Waals surface area contributed by atoms with Crippen LogP contribution >= 0.6 is 0 Å². The Morgan fingerprint density at radius 2 is 2.06 bits per heavy atom. The van der Waals surface area contributed by atoms with E-state index >= 15 is 0 Å². The molecule has 1 aromatic rings. The number of aromatic nitrogens is 2. The second-order valence-electron chi connectivity index (χ2n) is 4.98. The van der Waals surface area contributed by atoms with Crippen molar-refractivity contribution >= 4 is 11.8 Å². The van der Waals surface area contributed by atoms with Gasteiger partial charge in [-0.15, -0.1) is 0 Å². The molecular formula is C12H23N5O. The Labute approximate surface area is 109 Å². The molecule has 6 nitrogen and oxygen atoms in total. The number of hydrogen-bond acceptors (Lipinski definition) is 6. The summed E-state index contributed by atoms with van der Waals surface area (Å²) in [5, 5.41) is 3.09. The van der Waals surface area contributed by atoms with Crippen LogP contribution < -0.4 is 15.8 Å². The molecule has 3 N–H and O–H groups in total. The predicted octanol–water partition coefficient (Wildman–Crippen LogP) is 1.21. The lowest BCUT2D eigenvalue weighted by atomic mass is 10.1. The van der Waals surface area contributed by atoms with Crippen LogP contribution in [0.2, 0.25) is 0 Å². The lowest BCUT2D eigenvalue weighted by Gasteiger charge is -2.31. The number of nitrogens with one attached hydrogen (secondary N) is 1. The van der Waals surface area contributed by atoms with Gasteiger partial charge in [0.05, 0.1) is 0 Å². The van der Waals surface area contributed by atoms with Gasteiger partial charge in [0.2, 0.25) is 11.8 Å². The van der Waals surface area contributed by atoms with E-state index in [-0.39, 0.29) is 11.5 Å². The second-order valence-corrected chi connectivity index (χ2v) is 4.98. The Balaban J connectivity index is 2.73. The summed E-state index contributed by atoms with van der Waals surface area (Å²) in [5.41, 5.74) is 5.56. The molecule has 0 aliphatic carbocycles. The van der Waals surface area contributed by atoms with E-state index in [9.17, 15) is 0 Å². The van der Waals surface area contributed by atoms with Crippen molar-refractivity contribution < 1.29 is 4.74 Å². The molecule has 0 spiro atoms. The first-order chi connectivity index (χ1) is 8.35. The van der Waals surface area contributed by atoms with Crippen molar-refractivity contribution in [3.05, 3.63) is 6.07 Å². The Kier molecular flexibility index (Phi) is 4.72. The van der Waals surface area contributed by atoms with E-state index in [1.165, 1.54) is 0 Å². The average molecular weight is 253 g/mol. The number of rotatable bonds is 6. The minimum atomic E-state index is -0.0714. The summed E-state index contributed by atoms with van der Waals surface area (Å²) in [7, 11) is 4.03. The standard InChI is InChI=1S/C12H23N5O/c1-6-14-9-7-10(16-11(13)15-9)18-8-12(2,3)17(4)5/h7H,6,8H2,1-5H3,(H3,13,14,15,16). The first-order valence-electron chi connectivity index (χ1n) is 6.04. The maximum Gasteiger partial charge on any atom is 0.225 e. The smallest absolute Gasteiger partial charge is 0.225 e. The van der Waals surface area contributed by atoms with Crippen LogP contribution in [0.3, 0.4) is 0 Å². The van der Waals surface area contributed by atoms with Crippen molar-refractivity contribution in [2.45, 2.75) is 26.3 Å². The van der Waals surface area contributed by atoms with Gasteiger partial charge < -0.3 is 20.7 Å². The maximum absolute atomic E-state index is 5.69. The van der Waals surface area contributed by atoms with Gasteiger partial charge in [0.15, 0.2) is 0 Å². The molecule has 1 rings (SSSR count). The fraction of sp³-hybridized carbons (Fsp3) is 0.667. The molecule has 0 saturated carbocycles. The highest BCUT2D eigenvalue weighted by molar-refractivity contribution is 5.42. The van der Waals surface area contributed by atoms with Gasteiger partial charge in [-0.1, -0.05) is 0 Å². The van der Waals surface area contributed by atoms with Gasteiger partial charge in [0.1, 0.15) is 12.4 Å².